The molecular weight excluding hydrogens is 234 g/mol. The Morgan fingerprint density at radius 3 is 2.26 bits per heavy atom. The van der Waals surface area contributed by atoms with E-state index in [4.69, 9.17) is 4.74 Å². The first-order chi connectivity index (χ1) is 9.31. The highest BCUT2D eigenvalue weighted by atomic mass is 16.5. The number of rotatable bonds is 10. The zero-order chi connectivity index (χ0) is 13.9. The normalized spacial score (nSPS) is 12.4. The highest BCUT2D eigenvalue weighted by Gasteiger charge is 2.07. The van der Waals surface area contributed by atoms with Crippen molar-refractivity contribution in [1.82, 2.24) is 5.32 Å². The van der Waals surface area contributed by atoms with Gasteiger partial charge < -0.3 is 10.1 Å². The average molecular weight is 263 g/mol. The van der Waals surface area contributed by atoms with E-state index in [0.717, 1.165) is 18.7 Å². The summed E-state index contributed by atoms with van der Waals surface area (Å²) in [7, 11) is 1.71. The molecule has 0 radical (unpaired) electrons. The Balaban J connectivity index is 2.31. The highest BCUT2D eigenvalue weighted by Crippen LogP contribution is 2.20. The van der Waals surface area contributed by atoms with Gasteiger partial charge in [0, 0.05) is 6.04 Å². The SMILES string of the molecule is CCCCCCCNC(CC)c1ccc(OC)cc1. The summed E-state index contributed by atoms with van der Waals surface area (Å²) < 4.78 is 5.20. The number of nitrogens with one attached hydrogen (secondary N) is 1. The van der Waals surface area contributed by atoms with Gasteiger partial charge in [0.2, 0.25) is 0 Å². The number of ether oxygens (including phenoxy) is 1. The predicted octanol–water partition coefficient (Wildman–Crippen LogP) is 4.71. The van der Waals surface area contributed by atoms with Gasteiger partial charge in [0.25, 0.3) is 0 Å². The first kappa shape index (κ1) is 16.0. The van der Waals surface area contributed by atoms with Crippen LogP contribution in [0.5, 0.6) is 5.75 Å². The molecule has 0 saturated carbocycles. The van der Waals surface area contributed by atoms with Crippen molar-refractivity contribution in [2.45, 2.75) is 58.4 Å². The van der Waals surface area contributed by atoms with E-state index in [-0.39, 0.29) is 0 Å². The van der Waals surface area contributed by atoms with Crippen molar-refractivity contribution in [3.05, 3.63) is 29.8 Å². The summed E-state index contributed by atoms with van der Waals surface area (Å²) in [5, 5.41) is 3.66. The Kier molecular flexibility index (Phi) is 8.31. The van der Waals surface area contributed by atoms with Gasteiger partial charge in [-0.25, -0.2) is 0 Å². The fraction of sp³-hybridized carbons (Fsp3) is 0.647. The number of benzene rings is 1. The summed E-state index contributed by atoms with van der Waals surface area (Å²) in [6.45, 7) is 5.61. The molecule has 0 aromatic heterocycles. The first-order valence-corrected chi connectivity index (χ1v) is 7.69. The van der Waals surface area contributed by atoms with E-state index in [1.54, 1.807) is 7.11 Å². The van der Waals surface area contributed by atoms with Gasteiger partial charge in [0.15, 0.2) is 0 Å². The highest BCUT2D eigenvalue weighted by molar-refractivity contribution is 5.29. The van der Waals surface area contributed by atoms with Crippen molar-refractivity contribution in [3.8, 4) is 5.75 Å². The minimum absolute atomic E-state index is 0.470. The third-order valence-corrected chi connectivity index (χ3v) is 3.60. The standard InChI is InChI=1S/C17H29NO/c1-4-6-7-8-9-14-18-17(5-2)15-10-12-16(19-3)13-11-15/h10-13,17-18H,4-9,14H2,1-3H3. The van der Waals surface area contributed by atoms with Crippen LogP contribution in [-0.4, -0.2) is 13.7 Å². The molecule has 0 spiro atoms. The zero-order valence-corrected chi connectivity index (χ0v) is 12.7. The second kappa shape index (κ2) is 9.85. The van der Waals surface area contributed by atoms with Crippen molar-refractivity contribution in [3.63, 3.8) is 0 Å². The molecule has 2 heteroatoms. The summed E-state index contributed by atoms with van der Waals surface area (Å²) in [5.74, 6) is 0.929. The second-order valence-electron chi connectivity index (χ2n) is 5.10. The lowest BCUT2D eigenvalue weighted by Gasteiger charge is -2.17. The molecule has 2 nitrogen and oxygen atoms in total. The van der Waals surface area contributed by atoms with E-state index in [1.165, 1.54) is 37.7 Å². The quantitative estimate of drug-likeness (QED) is 0.617. The fourth-order valence-corrected chi connectivity index (χ4v) is 2.34. The maximum atomic E-state index is 5.20. The summed E-state index contributed by atoms with van der Waals surface area (Å²) in [6.07, 6.45) is 7.82. The Morgan fingerprint density at radius 1 is 1.00 bits per heavy atom. The van der Waals surface area contributed by atoms with Gasteiger partial charge in [0.05, 0.1) is 7.11 Å². The van der Waals surface area contributed by atoms with Gasteiger partial charge in [-0.3, -0.25) is 0 Å². The van der Waals surface area contributed by atoms with E-state index in [1.807, 2.05) is 12.1 Å². The Morgan fingerprint density at radius 2 is 1.68 bits per heavy atom. The summed E-state index contributed by atoms with van der Waals surface area (Å²) in [6, 6.07) is 8.88. The lowest BCUT2D eigenvalue weighted by atomic mass is 10.0. The van der Waals surface area contributed by atoms with Gasteiger partial charge in [-0.1, -0.05) is 51.7 Å². The second-order valence-corrected chi connectivity index (χ2v) is 5.10. The van der Waals surface area contributed by atoms with Gasteiger partial charge in [-0.2, -0.15) is 0 Å². The monoisotopic (exact) mass is 263 g/mol. The number of hydrogen-bond donors (Lipinski definition) is 1. The maximum Gasteiger partial charge on any atom is 0.118 e. The summed E-state index contributed by atoms with van der Waals surface area (Å²) >= 11 is 0. The van der Waals surface area contributed by atoms with Crippen molar-refractivity contribution in [2.24, 2.45) is 0 Å². The van der Waals surface area contributed by atoms with Crippen LogP contribution in [0.1, 0.15) is 64.0 Å². The molecule has 108 valence electrons. The third-order valence-electron chi connectivity index (χ3n) is 3.60. The molecule has 0 fully saturated rings. The number of hydrogen-bond acceptors (Lipinski definition) is 2. The van der Waals surface area contributed by atoms with Crippen LogP contribution in [-0.2, 0) is 0 Å². The smallest absolute Gasteiger partial charge is 0.118 e. The van der Waals surface area contributed by atoms with E-state index >= 15 is 0 Å². The van der Waals surface area contributed by atoms with Crippen molar-refractivity contribution in [2.75, 3.05) is 13.7 Å². The summed E-state index contributed by atoms with van der Waals surface area (Å²) in [4.78, 5) is 0. The Labute approximate surface area is 118 Å². The van der Waals surface area contributed by atoms with Crippen molar-refractivity contribution in [1.29, 1.82) is 0 Å². The largest absolute Gasteiger partial charge is 0.497 e. The molecule has 0 saturated heterocycles. The lowest BCUT2D eigenvalue weighted by molar-refractivity contribution is 0.414. The molecule has 0 aliphatic carbocycles. The molecule has 0 aliphatic rings. The molecule has 1 atom stereocenters. The molecule has 0 bridgehead atoms. The van der Waals surface area contributed by atoms with Crippen LogP contribution in [0.15, 0.2) is 24.3 Å². The fourth-order valence-electron chi connectivity index (χ4n) is 2.34. The van der Waals surface area contributed by atoms with E-state index in [9.17, 15) is 0 Å². The van der Waals surface area contributed by atoms with Crippen LogP contribution in [0, 0.1) is 0 Å². The van der Waals surface area contributed by atoms with Gasteiger partial charge in [-0.05, 0) is 37.1 Å². The summed E-state index contributed by atoms with van der Waals surface area (Å²) in [5.41, 5.74) is 1.36. The number of methoxy groups -OCH3 is 1. The molecule has 0 aliphatic heterocycles. The van der Waals surface area contributed by atoms with Gasteiger partial charge >= 0.3 is 0 Å². The number of unbranched alkanes of at least 4 members (excludes halogenated alkanes) is 4. The lowest BCUT2D eigenvalue weighted by Crippen LogP contribution is -2.21. The average Bonchev–Trinajstić information content (AvgIpc) is 2.47. The Bertz CT molecular complexity index is 321. The van der Waals surface area contributed by atoms with Crippen LogP contribution in [0.25, 0.3) is 0 Å². The van der Waals surface area contributed by atoms with Crippen LogP contribution in [0.3, 0.4) is 0 Å². The molecule has 1 N–H and O–H groups in total. The maximum absolute atomic E-state index is 5.20. The first-order valence-electron chi connectivity index (χ1n) is 7.69. The molecule has 0 heterocycles. The molecule has 1 unspecified atom stereocenters. The van der Waals surface area contributed by atoms with Crippen molar-refractivity contribution >= 4 is 0 Å². The predicted molar refractivity (Wildman–Crippen MR) is 82.8 cm³/mol. The molecule has 1 aromatic carbocycles. The topological polar surface area (TPSA) is 21.3 Å². The van der Waals surface area contributed by atoms with Gasteiger partial charge in [-0.15, -0.1) is 0 Å². The zero-order valence-electron chi connectivity index (χ0n) is 12.7. The van der Waals surface area contributed by atoms with Crippen LogP contribution in [0.2, 0.25) is 0 Å². The van der Waals surface area contributed by atoms with E-state index in [0.29, 0.717) is 6.04 Å². The Hall–Kier alpha value is -1.02. The minimum Gasteiger partial charge on any atom is -0.497 e. The van der Waals surface area contributed by atoms with Crippen LogP contribution >= 0.6 is 0 Å². The van der Waals surface area contributed by atoms with E-state index < -0.39 is 0 Å². The van der Waals surface area contributed by atoms with Crippen molar-refractivity contribution < 1.29 is 4.74 Å². The molecule has 1 rings (SSSR count). The van der Waals surface area contributed by atoms with Crippen LogP contribution < -0.4 is 10.1 Å². The minimum atomic E-state index is 0.470. The molecule has 1 aromatic rings. The third kappa shape index (κ3) is 6.11. The molecular formula is C17H29NO. The molecule has 19 heavy (non-hydrogen) atoms. The van der Waals surface area contributed by atoms with Gasteiger partial charge in [0.1, 0.15) is 5.75 Å². The molecule has 0 amide bonds. The van der Waals surface area contributed by atoms with Crippen LogP contribution in [0.4, 0.5) is 0 Å². The van der Waals surface area contributed by atoms with E-state index in [2.05, 4.69) is 31.3 Å².